The summed E-state index contributed by atoms with van der Waals surface area (Å²) in [6.45, 7) is 6.37. The van der Waals surface area contributed by atoms with Crippen molar-refractivity contribution < 1.29 is 9.84 Å². The molecule has 0 bridgehead atoms. The average molecular weight is 203 g/mol. The summed E-state index contributed by atoms with van der Waals surface area (Å²) in [7, 11) is 1.73. The van der Waals surface area contributed by atoms with Crippen molar-refractivity contribution in [2.75, 3.05) is 26.9 Å². The molecule has 0 rings (SSSR count). The van der Waals surface area contributed by atoms with E-state index in [2.05, 4.69) is 19.2 Å². The Hall–Kier alpha value is -0.120. The zero-order chi connectivity index (χ0) is 10.8. The van der Waals surface area contributed by atoms with Crippen molar-refractivity contribution in [3.05, 3.63) is 0 Å². The molecular formula is C11H25NO2. The van der Waals surface area contributed by atoms with Crippen molar-refractivity contribution in [1.82, 2.24) is 5.32 Å². The van der Waals surface area contributed by atoms with Crippen LogP contribution in [0.2, 0.25) is 0 Å². The molecule has 2 atom stereocenters. The normalized spacial score (nSPS) is 15.4. The van der Waals surface area contributed by atoms with Crippen molar-refractivity contribution in [3.63, 3.8) is 0 Å². The lowest BCUT2D eigenvalue weighted by Crippen LogP contribution is -2.36. The fourth-order valence-corrected chi connectivity index (χ4v) is 1.49. The van der Waals surface area contributed by atoms with Crippen molar-refractivity contribution in [1.29, 1.82) is 0 Å². The maximum absolute atomic E-state index is 8.84. The zero-order valence-electron chi connectivity index (χ0n) is 9.75. The van der Waals surface area contributed by atoms with E-state index in [1.165, 1.54) is 0 Å². The number of methoxy groups -OCH3 is 1. The highest BCUT2D eigenvalue weighted by Gasteiger charge is 2.09. The molecule has 14 heavy (non-hydrogen) atoms. The monoisotopic (exact) mass is 203 g/mol. The second-order valence-corrected chi connectivity index (χ2v) is 3.76. The van der Waals surface area contributed by atoms with Gasteiger partial charge in [0.2, 0.25) is 0 Å². The average Bonchev–Trinajstić information content (AvgIpc) is 2.22. The molecule has 0 aliphatic rings. The first-order chi connectivity index (χ1) is 6.78. The maximum atomic E-state index is 8.84. The molecule has 2 N–H and O–H groups in total. The van der Waals surface area contributed by atoms with Gasteiger partial charge in [-0.3, -0.25) is 0 Å². The van der Waals surface area contributed by atoms with Crippen LogP contribution in [0, 0.1) is 5.92 Å². The summed E-state index contributed by atoms with van der Waals surface area (Å²) >= 11 is 0. The molecule has 86 valence electrons. The van der Waals surface area contributed by atoms with Crippen LogP contribution in [0.4, 0.5) is 0 Å². The highest BCUT2D eigenvalue weighted by atomic mass is 16.5. The first kappa shape index (κ1) is 13.9. The van der Waals surface area contributed by atoms with E-state index in [9.17, 15) is 0 Å². The van der Waals surface area contributed by atoms with Crippen LogP contribution in [-0.2, 0) is 4.74 Å². The number of aliphatic hydroxyl groups is 1. The van der Waals surface area contributed by atoms with E-state index in [0.717, 1.165) is 32.4 Å². The third-order valence-corrected chi connectivity index (χ3v) is 2.67. The van der Waals surface area contributed by atoms with Crippen molar-refractivity contribution in [3.8, 4) is 0 Å². The van der Waals surface area contributed by atoms with E-state index < -0.39 is 0 Å². The molecule has 3 heteroatoms. The van der Waals surface area contributed by atoms with Gasteiger partial charge in [-0.05, 0) is 25.3 Å². The summed E-state index contributed by atoms with van der Waals surface area (Å²) in [5.74, 6) is 0.589. The van der Waals surface area contributed by atoms with E-state index in [0.29, 0.717) is 18.6 Å². The number of aliphatic hydroxyl groups excluding tert-OH is 1. The molecule has 0 aliphatic carbocycles. The lowest BCUT2D eigenvalue weighted by molar-refractivity contribution is 0.159. The Morgan fingerprint density at radius 1 is 1.29 bits per heavy atom. The van der Waals surface area contributed by atoms with Crippen LogP contribution in [0.1, 0.15) is 33.1 Å². The summed E-state index contributed by atoms with van der Waals surface area (Å²) in [5.41, 5.74) is 0. The van der Waals surface area contributed by atoms with Crippen LogP contribution in [0.15, 0.2) is 0 Å². The molecule has 0 fully saturated rings. The van der Waals surface area contributed by atoms with Crippen LogP contribution in [0.3, 0.4) is 0 Å². The van der Waals surface area contributed by atoms with Gasteiger partial charge in [0.1, 0.15) is 0 Å². The Labute approximate surface area is 87.8 Å². The number of hydrogen-bond donors (Lipinski definition) is 2. The van der Waals surface area contributed by atoms with Gasteiger partial charge in [-0.15, -0.1) is 0 Å². The number of rotatable bonds is 9. The molecule has 0 aromatic heterocycles. The van der Waals surface area contributed by atoms with Gasteiger partial charge in [0.25, 0.3) is 0 Å². The minimum absolute atomic E-state index is 0.293. The summed E-state index contributed by atoms with van der Waals surface area (Å²) in [4.78, 5) is 0. The van der Waals surface area contributed by atoms with Gasteiger partial charge < -0.3 is 15.2 Å². The number of hydrogen-bond acceptors (Lipinski definition) is 3. The third kappa shape index (κ3) is 6.35. The van der Waals surface area contributed by atoms with Gasteiger partial charge in [0, 0.05) is 19.8 Å². The van der Waals surface area contributed by atoms with E-state index in [1.54, 1.807) is 7.11 Å². The Morgan fingerprint density at radius 3 is 2.43 bits per heavy atom. The minimum atomic E-state index is 0.293. The van der Waals surface area contributed by atoms with Crippen LogP contribution in [0.25, 0.3) is 0 Å². The second kappa shape index (κ2) is 9.44. The van der Waals surface area contributed by atoms with E-state index in [4.69, 9.17) is 9.84 Å². The highest BCUT2D eigenvalue weighted by molar-refractivity contribution is 4.67. The molecule has 0 heterocycles. The highest BCUT2D eigenvalue weighted by Crippen LogP contribution is 2.06. The van der Waals surface area contributed by atoms with Crippen LogP contribution in [0.5, 0.6) is 0 Å². The number of nitrogens with one attached hydrogen (secondary N) is 1. The van der Waals surface area contributed by atoms with Crippen LogP contribution >= 0.6 is 0 Å². The SMILES string of the molecule is CCC(CCO)CNC(CC)COC. The van der Waals surface area contributed by atoms with Gasteiger partial charge in [-0.2, -0.15) is 0 Å². The Balaban J connectivity index is 3.63. The molecule has 0 saturated heterocycles. The summed E-state index contributed by atoms with van der Waals surface area (Å²) in [6, 6.07) is 0.452. The second-order valence-electron chi connectivity index (χ2n) is 3.76. The Bertz CT molecular complexity index is 106. The first-order valence-electron chi connectivity index (χ1n) is 5.61. The molecule has 3 nitrogen and oxygen atoms in total. The van der Waals surface area contributed by atoms with Crippen molar-refractivity contribution in [2.24, 2.45) is 5.92 Å². The van der Waals surface area contributed by atoms with Crippen molar-refractivity contribution in [2.45, 2.75) is 39.2 Å². The van der Waals surface area contributed by atoms with Crippen molar-refractivity contribution >= 4 is 0 Å². The van der Waals surface area contributed by atoms with Gasteiger partial charge >= 0.3 is 0 Å². The number of ether oxygens (including phenoxy) is 1. The zero-order valence-corrected chi connectivity index (χ0v) is 9.75. The fourth-order valence-electron chi connectivity index (χ4n) is 1.49. The molecule has 0 saturated carbocycles. The van der Waals surface area contributed by atoms with E-state index in [1.807, 2.05) is 0 Å². The molecule has 0 spiro atoms. The van der Waals surface area contributed by atoms with Crippen LogP contribution in [-0.4, -0.2) is 38.0 Å². The predicted octanol–water partition coefficient (Wildman–Crippen LogP) is 1.41. The standard InChI is InChI=1S/C11H25NO2/c1-4-10(6-7-13)8-12-11(5-2)9-14-3/h10-13H,4-9H2,1-3H3. The Morgan fingerprint density at radius 2 is 2.00 bits per heavy atom. The largest absolute Gasteiger partial charge is 0.396 e. The molecule has 0 aromatic rings. The summed E-state index contributed by atoms with van der Waals surface area (Å²) < 4.78 is 5.11. The summed E-state index contributed by atoms with van der Waals surface area (Å²) in [6.07, 6.45) is 3.10. The molecule has 0 amide bonds. The van der Waals surface area contributed by atoms with Crippen LogP contribution < -0.4 is 5.32 Å². The third-order valence-electron chi connectivity index (χ3n) is 2.67. The quantitative estimate of drug-likeness (QED) is 0.595. The molecule has 2 unspecified atom stereocenters. The maximum Gasteiger partial charge on any atom is 0.0615 e. The minimum Gasteiger partial charge on any atom is -0.396 e. The summed E-state index contributed by atoms with van der Waals surface area (Å²) in [5, 5.41) is 12.3. The molecule has 0 radical (unpaired) electrons. The molecule has 0 aromatic carbocycles. The van der Waals surface area contributed by atoms with Gasteiger partial charge in [-0.1, -0.05) is 20.3 Å². The lowest BCUT2D eigenvalue weighted by Gasteiger charge is -2.20. The predicted molar refractivity (Wildman–Crippen MR) is 59.4 cm³/mol. The smallest absolute Gasteiger partial charge is 0.0615 e. The lowest BCUT2D eigenvalue weighted by atomic mass is 10.0. The Kier molecular flexibility index (Phi) is 9.35. The first-order valence-corrected chi connectivity index (χ1v) is 5.61. The van der Waals surface area contributed by atoms with Gasteiger partial charge in [-0.25, -0.2) is 0 Å². The van der Waals surface area contributed by atoms with Gasteiger partial charge in [0.15, 0.2) is 0 Å². The van der Waals surface area contributed by atoms with E-state index in [-0.39, 0.29) is 0 Å². The topological polar surface area (TPSA) is 41.5 Å². The molecule has 0 aliphatic heterocycles. The van der Waals surface area contributed by atoms with E-state index >= 15 is 0 Å². The van der Waals surface area contributed by atoms with Gasteiger partial charge in [0.05, 0.1) is 6.61 Å². The molecular weight excluding hydrogens is 178 g/mol. The fraction of sp³-hybridized carbons (Fsp3) is 1.00.